The molecule has 1 fully saturated rings. The van der Waals surface area contributed by atoms with E-state index in [1.54, 1.807) is 0 Å². The molecule has 0 spiro atoms. The van der Waals surface area contributed by atoms with Gasteiger partial charge in [0.05, 0.1) is 11.9 Å². The van der Waals surface area contributed by atoms with Crippen LogP contribution in [-0.2, 0) is 4.79 Å². The van der Waals surface area contributed by atoms with Crippen LogP contribution in [0.4, 0.5) is 0 Å². The van der Waals surface area contributed by atoms with Crippen LogP contribution in [0.5, 0.6) is 0 Å². The second-order valence-electron chi connectivity index (χ2n) is 6.28. The molecule has 1 aliphatic heterocycles. The molecule has 1 atom stereocenters. The minimum Gasteiger partial charge on any atom is -0.345 e. The largest absolute Gasteiger partial charge is 0.345 e. The Labute approximate surface area is 146 Å². The van der Waals surface area contributed by atoms with E-state index in [-0.39, 0.29) is 5.92 Å². The number of nitrogens with one attached hydrogen (secondary N) is 1. The molecular weight excluding hydrogens is 314 g/mol. The molecule has 1 amide bonds. The van der Waals surface area contributed by atoms with E-state index < -0.39 is 0 Å². The number of likely N-dealkylation sites (tertiary alicyclic amines) is 1. The van der Waals surface area contributed by atoms with Crippen molar-refractivity contribution in [3.8, 4) is 22.6 Å². The highest BCUT2D eigenvalue weighted by Gasteiger charge is 2.22. The van der Waals surface area contributed by atoms with Crippen molar-refractivity contribution < 1.29 is 4.79 Å². The number of benzene rings is 1. The van der Waals surface area contributed by atoms with Crippen LogP contribution in [0.25, 0.3) is 22.6 Å². The van der Waals surface area contributed by atoms with Crippen LogP contribution < -0.4 is 0 Å². The van der Waals surface area contributed by atoms with Crippen molar-refractivity contribution in [2.75, 3.05) is 13.1 Å². The molecule has 0 saturated carbocycles. The fourth-order valence-electron chi connectivity index (χ4n) is 3.22. The topological polar surface area (TPSA) is 74.8 Å². The first-order valence-electron chi connectivity index (χ1n) is 8.45. The molecule has 0 radical (unpaired) electrons. The quantitative estimate of drug-likeness (QED) is 0.745. The minimum atomic E-state index is 0.261. The Bertz CT molecular complexity index is 844. The number of H-pyrrole nitrogens is 1. The number of carbonyl (C=O) groups is 1. The van der Waals surface area contributed by atoms with Crippen LogP contribution in [0.15, 0.2) is 48.9 Å². The van der Waals surface area contributed by atoms with Gasteiger partial charge in [0.1, 0.15) is 5.82 Å². The lowest BCUT2D eigenvalue weighted by Gasteiger charge is -2.28. The molecular formula is C19H19N5O. The van der Waals surface area contributed by atoms with Crippen LogP contribution >= 0.6 is 0 Å². The first-order valence-corrected chi connectivity index (χ1v) is 8.45. The molecule has 1 aliphatic rings. The average Bonchev–Trinajstić information content (AvgIpc) is 3.19. The summed E-state index contributed by atoms with van der Waals surface area (Å²) in [7, 11) is 0. The number of hydrogen-bond acceptors (Lipinski definition) is 4. The van der Waals surface area contributed by atoms with Gasteiger partial charge >= 0.3 is 0 Å². The third-order valence-electron chi connectivity index (χ3n) is 4.58. The van der Waals surface area contributed by atoms with Gasteiger partial charge in [0.15, 0.2) is 5.82 Å². The Hall–Kier alpha value is -3.02. The van der Waals surface area contributed by atoms with Crippen molar-refractivity contribution >= 4 is 6.41 Å². The summed E-state index contributed by atoms with van der Waals surface area (Å²) in [6, 6.07) is 9.90. The van der Waals surface area contributed by atoms with Crippen molar-refractivity contribution in [1.82, 2.24) is 24.8 Å². The number of amides is 1. The van der Waals surface area contributed by atoms with Gasteiger partial charge in [0, 0.05) is 42.5 Å². The number of nitrogens with zero attached hydrogens (tertiary/aromatic N) is 4. The van der Waals surface area contributed by atoms with E-state index in [0.717, 1.165) is 55.0 Å². The van der Waals surface area contributed by atoms with Gasteiger partial charge in [-0.1, -0.05) is 30.3 Å². The zero-order chi connectivity index (χ0) is 17.1. The molecule has 6 nitrogen and oxygen atoms in total. The number of aromatic amines is 1. The lowest BCUT2D eigenvalue weighted by atomic mass is 9.98. The van der Waals surface area contributed by atoms with Crippen molar-refractivity contribution in [3.63, 3.8) is 0 Å². The second kappa shape index (κ2) is 6.84. The first-order chi connectivity index (χ1) is 12.3. The zero-order valence-electron chi connectivity index (χ0n) is 13.8. The Balaban J connectivity index is 1.53. The molecule has 6 heteroatoms. The highest BCUT2D eigenvalue weighted by atomic mass is 16.1. The van der Waals surface area contributed by atoms with Crippen LogP contribution in [-0.4, -0.2) is 44.3 Å². The van der Waals surface area contributed by atoms with Gasteiger partial charge in [0.25, 0.3) is 0 Å². The monoisotopic (exact) mass is 333 g/mol. The van der Waals surface area contributed by atoms with Gasteiger partial charge in [-0.3, -0.25) is 4.79 Å². The highest BCUT2D eigenvalue weighted by molar-refractivity contribution is 5.60. The molecule has 1 N–H and O–H groups in total. The van der Waals surface area contributed by atoms with Crippen LogP contribution in [0.2, 0.25) is 0 Å². The maximum Gasteiger partial charge on any atom is 0.209 e. The van der Waals surface area contributed by atoms with E-state index in [4.69, 9.17) is 0 Å². The third kappa shape index (κ3) is 3.28. The molecule has 4 rings (SSSR count). The fraction of sp³-hybridized carbons (Fsp3) is 0.263. The number of aromatic nitrogens is 4. The summed E-state index contributed by atoms with van der Waals surface area (Å²) in [6.07, 6.45) is 8.41. The van der Waals surface area contributed by atoms with E-state index >= 15 is 0 Å². The lowest BCUT2D eigenvalue weighted by molar-refractivity contribution is -0.119. The number of rotatable bonds is 4. The van der Waals surface area contributed by atoms with Gasteiger partial charge < -0.3 is 9.88 Å². The van der Waals surface area contributed by atoms with E-state index in [1.165, 1.54) is 0 Å². The predicted molar refractivity (Wildman–Crippen MR) is 94.7 cm³/mol. The Morgan fingerprint density at radius 1 is 1.04 bits per heavy atom. The predicted octanol–water partition coefficient (Wildman–Crippen LogP) is 2.87. The summed E-state index contributed by atoms with van der Waals surface area (Å²) in [4.78, 5) is 29.6. The van der Waals surface area contributed by atoms with E-state index in [1.807, 2.05) is 53.8 Å². The molecule has 3 heterocycles. The number of carbonyl (C=O) groups excluding carboxylic acids is 1. The minimum absolute atomic E-state index is 0.261. The molecule has 0 aliphatic carbocycles. The maximum absolute atomic E-state index is 11.0. The number of hydrogen-bond donors (Lipinski definition) is 1. The standard InChI is InChI=1S/C19H19N5O/c25-13-24-8-4-7-15(12-24)19-22-11-17(23-19)16-9-20-18(21-10-16)14-5-2-1-3-6-14/h1-3,5-6,9-11,13,15H,4,7-8,12H2,(H,22,23). The summed E-state index contributed by atoms with van der Waals surface area (Å²) in [5.41, 5.74) is 2.80. The third-order valence-corrected chi connectivity index (χ3v) is 4.58. The van der Waals surface area contributed by atoms with Gasteiger partial charge in [-0.2, -0.15) is 0 Å². The van der Waals surface area contributed by atoms with Gasteiger partial charge in [-0.05, 0) is 12.8 Å². The van der Waals surface area contributed by atoms with E-state index in [2.05, 4.69) is 19.9 Å². The van der Waals surface area contributed by atoms with Crippen LogP contribution in [0, 0.1) is 0 Å². The van der Waals surface area contributed by atoms with E-state index in [0.29, 0.717) is 5.82 Å². The zero-order valence-corrected chi connectivity index (χ0v) is 13.8. The summed E-state index contributed by atoms with van der Waals surface area (Å²) >= 11 is 0. The van der Waals surface area contributed by atoms with Crippen molar-refractivity contribution in [2.24, 2.45) is 0 Å². The smallest absolute Gasteiger partial charge is 0.209 e. The molecule has 1 aromatic carbocycles. The summed E-state index contributed by atoms with van der Waals surface area (Å²) in [6.45, 7) is 1.56. The molecule has 2 aromatic heterocycles. The second-order valence-corrected chi connectivity index (χ2v) is 6.28. The van der Waals surface area contributed by atoms with Gasteiger partial charge in [-0.25, -0.2) is 15.0 Å². The highest BCUT2D eigenvalue weighted by Crippen LogP contribution is 2.26. The molecule has 0 bridgehead atoms. The average molecular weight is 333 g/mol. The molecule has 3 aromatic rings. The van der Waals surface area contributed by atoms with Crippen molar-refractivity contribution in [2.45, 2.75) is 18.8 Å². The Kier molecular flexibility index (Phi) is 4.24. The SMILES string of the molecule is O=CN1CCCC(c2ncc(-c3cnc(-c4ccccc4)nc3)[nH]2)C1. The normalized spacial score (nSPS) is 17.4. The fourth-order valence-corrected chi connectivity index (χ4v) is 3.22. The van der Waals surface area contributed by atoms with Crippen LogP contribution in [0.1, 0.15) is 24.6 Å². The lowest BCUT2D eigenvalue weighted by Crippen LogP contribution is -2.33. The van der Waals surface area contributed by atoms with Crippen molar-refractivity contribution in [3.05, 3.63) is 54.7 Å². The Morgan fingerprint density at radius 3 is 2.60 bits per heavy atom. The molecule has 126 valence electrons. The number of imidazole rings is 1. The Morgan fingerprint density at radius 2 is 1.84 bits per heavy atom. The molecule has 1 unspecified atom stereocenters. The van der Waals surface area contributed by atoms with Gasteiger partial charge in [0.2, 0.25) is 6.41 Å². The summed E-state index contributed by atoms with van der Waals surface area (Å²) < 4.78 is 0. The summed E-state index contributed by atoms with van der Waals surface area (Å²) in [5.74, 6) is 1.89. The van der Waals surface area contributed by atoms with Crippen molar-refractivity contribution in [1.29, 1.82) is 0 Å². The maximum atomic E-state index is 11.0. The summed E-state index contributed by atoms with van der Waals surface area (Å²) in [5, 5.41) is 0. The van der Waals surface area contributed by atoms with E-state index in [9.17, 15) is 4.79 Å². The molecule has 25 heavy (non-hydrogen) atoms. The van der Waals surface area contributed by atoms with Crippen LogP contribution in [0.3, 0.4) is 0 Å². The van der Waals surface area contributed by atoms with Gasteiger partial charge in [-0.15, -0.1) is 0 Å². The molecule has 1 saturated heterocycles. The first kappa shape index (κ1) is 15.5. The number of piperidine rings is 1.